The van der Waals surface area contributed by atoms with Crippen molar-refractivity contribution in [3.63, 3.8) is 0 Å². The van der Waals surface area contributed by atoms with Crippen molar-refractivity contribution in [2.24, 2.45) is 0 Å². The van der Waals surface area contributed by atoms with Crippen LogP contribution in [-0.2, 0) is 6.42 Å². The monoisotopic (exact) mass is 246 g/mol. The third-order valence-electron chi connectivity index (χ3n) is 3.73. The molecule has 1 aliphatic heterocycles. The molecule has 0 bridgehead atoms. The highest BCUT2D eigenvalue weighted by Crippen LogP contribution is 2.27. The standard InChI is InChI=1S/C15H22N2O/c1-4-17(5-2)15(18)13-8-9-14-12(11-13)7-6-10-16(14)3/h8-9,11H,4-7,10H2,1-3H3. The molecule has 0 N–H and O–H groups in total. The first-order valence-electron chi connectivity index (χ1n) is 6.80. The van der Waals surface area contributed by atoms with Crippen molar-refractivity contribution >= 4 is 11.6 Å². The maximum atomic E-state index is 12.3. The quantitative estimate of drug-likeness (QED) is 0.818. The Balaban J connectivity index is 2.28. The molecule has 0 spiro atoms. The van der Waals surface area contributed by atoms with Crippen LogP contribution in [-0.4, -0.2) is 37.5 Å². The topological polar surface area (TPSA) is 23.6 Å². The van der Waals surface area contributed by atoms with E-state index in [-0.39, 0.29) is 5.91 Å². The zero-order valence-corrected chi connectivity index (χ0v) is 11.6. The minimum atomic E-state index is 0.149. The van der Waals surface area contributed by atoms with Crippen molar-refractivity contribution in [3.8, 4) is 0 Å². The van der Waals surface area contributed by atoms with Crippen molar-refractivity contribution in [1.29, 1.82) is 0 Å². The summed E-state index contributed by atoms with van der Waals surface area (Å²) in [4.78, 5) is 16.4. The Labute approximate surface area is 109 Å². The molecule has 0 saturated carbocycles. The summed E-state index contributed by atoms with van der Waals surface area (Å²) in [5.74, 6) is 0.149. The normalized spacial score (nSPS) is 14.3. The molecule has 2 rings (SSSR count). The molecule has 3 heteroatoms. The first-order valence-corrected chi connectivity index (χ1v) is 6.80. The third-order valence-corrected chi connectivity index (χ3v) is 3.73. The number of fused-ring (bicyclic) bond motifs is 1. The van der Waals surface area contributed by atoms with Crippen molar-refractivity contribution in [2.45, 2.75) is 26.7 Å². The second kappa shape index (κ2) is 5.42. The van der Waals surface area contributed by atoms with Crippen LogP contribution in [0.25, 0.3) is 0 Å². The highest BCUT2D eigenvalue weighted by molar-refractivity contribution is 5.95. The number of carbonyl (C=O) groups excluding carboxylic acids is 1. The number of benzene rings is 1. The van der Waals surface area contributed by atoms with Crippen LogP contribution in [0.2, 0.25) is 0 Å². The molecule has 0 unspecified atom stereocenters. The minimum Gasteiger partial charge on any atom is -0.374 e. The molecule has 0 aromatic heterocycles. The maximum absolute atomic E-state index is 12.3. The lowest BCUT2D eigenvalue weighted by molar-refractivity contribution is 0.0773. The van der Waals surface area contributed by atoms with Crippen molar-refractivity contribution in [2.75, 3.05) is 31.6 Å². The second-order valence-electron chi connectivity index (χ2n) is 4.85. The van der Waals surface area contributed by atoms with Gasteiger partial charge in [-0.05, 0) is 50.5 Å². The maximum Gasteiger partial charge on any atom is 0.253 e. The molecule has 1 aliphatic rings. The molecule has 1 aromatic carbocycles. The smallest absolute Gasteiger partial charge is 0.253 e. The zero-order chi connectivity index (χ0) is 13.1. The number of amides is 1. The Bertz CT molecular complexity index is 438. The number of carbonyl (C=O) groups is 1. The van der Waals surface area contributed by atoms with E-state index in [9.17, 15) is 4.79 Å². The number of anilines is 1. The van der Waals surface area contributed by atoms with E-state index in [1.165, 1.54) is 17.7 Å². The summed E-state index contributed by atoms with van der Waals surface area (Å²) in [7, 11) is 2.11. The molecule has 0 radical (unpaired) electrons. The lowest BCUT2D eigenvalue weighted by Gasteiger charge is -2.28. The van der Waals surface area contributed by atoms with Crippen molar-refractivity contribution in [3.05, 3.63) is 29.3 Å². The summed E-state index contributed by atoms with van der Waals surface area (Å²) < 4.78 is 0. The summed E-state index contributed by atoms with van der Waals surface area (Å²) in [6.45, 7) is 6.69. The van der Waals surface area contributed by atoms with Crippen LogP contribution in [0, 0.1) is 0 Å². The third kappa shape index (κ3) is 2.35. The van der Waals surface area contributed by atoms with Gasteiger partial charge in [0, 0.05) is 37.9 Å². The van der Waals surface area contributed by atoms with Crippen LogP contribution in [0.5, 0.6) is 0 Å². The van der Waals surface area contributed by atoms with E-state index in [1.54, 1.807) is 0 Å². The number of rotatable bonds is 3. The molecule has 3 nitrogen and oxygen atoms in total. The van der Waals surface area contributed by atoms with Crippen LogP contribution < -0.4 is 4.90 Å². The Morgan fingerprint density at radius 2 is 2.06 bits per heavy atom. The molecule has 1 heterocycles. The average Bonchev–Trinajstić information content (AvgIpc) is 2.40. The molecular formula is C15H22N2O. The van der Waals surface area contributed by atoms with Gasteiger partial charge in [-0.25, -0.2) is 0 Å². The summed E-state index contributed by atoms with van der Waals surface area (Å²) in [6.07, 6.45) is 2.26. The fraction of sp³-hybridized carbons (Fsp3) is 0.533. The Morgan fingerprint density at radius 1 is 1.33 bits per heavy atom. The van der Waals surface area contributed by atoms with Crippen LogP contribution in [0.3, 0.4) is 0 Å². The van der Waals surface area contributed by atoms with Crippen molar-refractivity contribution in [1.82, 2.24) is 4.90 Å². The lowest BCUT2D eigenvalue weighted by Crippen LogP contribution is -2.31. The molecule has 0 aliphatic carbocycles. The number of aryl methyl sites for hydroxylation is 1. The SMILES string of the molecule is CCN(CC)C(=O)c1ccc2c(c1)CCCN2C. The molecule has 0 saturated heterocycles. The highest BCUT2D eigenvalue weighted by Gasteiger charge is 2.17. The van der Waals surface area contributed by atoms with Gasteiger partial charge in [-0.1, -0.05) is 0 Å². The van der Waals surface area contributed by atoms with Crippen LogP contribution >= 0.6 is 0 Å². The highest BCUT2D eigenvalue weighted by atomic mass is 16.2. The molecular weight excluding hydrogens is 224 g/mol. The molecule has 98 valence electrons. The van der Waals surface area contributed by atoms with E-state index in [0.717, 1.165) is 31.6 Å². The van der Waals surface area contributed by atoms with E-state index in [4.69, 9.17) is 0 Å². The van der Waals surface area contributed by atoms with Crippen molar-refractivity contribution < 1.29 is 4.79 Å². The first-order chi connectivity index (χ1) is 8.67. The van der Waals surface area contributed by atoms with Gasteiger partial charge in [0.25, 0.3) is 5.91 Å². The fourth-order valence-corrected chi connectivity index (χ4v) is 2.61. The fourth-order valence-electron chi connectivity index (χ4n) is 2.61. The molecule has 18 heavy (non-hydrogen) atoms. The Hall–Kier alpha value is -1.51. The van der Waals surface area contributed by atoms with Crippen LogP contribution in [0.15, 0.2) is 18.2 Å². The summed E-state index contributed by atoms with van der Waals surface area (Å²) in [5.41, 5.74) is 3.41. The molecule has 1 aromatic rings. The Morgan fingerprint density at radius 3 is 2.72 bits per heavy atom. The predicted molar refractivity (Wildman–Crippen MR) is 75.3 cm³/mol. The van der Waals surface area contributed by atoms with Gasteiger partial charge in [-0.3, -0.25) is 4.79 Å². The molecule has 1 amide bonds. The summed E-state index contributed by atoms with van der Waals surface area (Å²) in [6, 6.07) is 6.12. The summed E-state index contributed by atoms with van der Waals surface area (Å²) >= 11 is 0. The van der Waals surface area contributed by atoms with Gasteiger partial charge >= 0.3 is 0 Å². The van der Waals surface area contributed by atoms with Crippen LogP contribution in [0.4, 0.5) is 5.69 Å². The second-order valence-corrected chi connectivity index (χ2v) is 4.85. The van der Waals surface area contributed by atoms with Gasteiger partial charge in [0.15, 0.2) is 0 Å². The average molecular weight is 246 g/mol. The zero-order valence-electron chi connectivity index (χ0n) is 11.6. The number of nitrogens with zero attached hydrogens (tertiary/aromatic N) is 2. The minimum absolute atomic E-state index is 0.149. The number of hydrogen-bond acceptors (Lipinski definition) is 2. The van der Waals surface area contributed by atoms with E-state index >= 15 is 0 Å². The first kappa shape index (κ1) is 12.9. The van der Waals surface area contributed by atoms with Gasteiger partial charge in [0.05, 0.1) is 0 Å². The van der Waals surface area contributed by atoms with Gasteiger partial charge in [0.1, 0.15) is 0 Å². The number of hydrogen-bond donors (Lipinski definition) is 0. The lowest BCUT2D eigenvalue weighted by atomic mass is 9.99. The van der Waals surface area contributed by atoms with E-state index in [2.05, 4.69) is 24.1 Å². The van der Waals surface area contributed by atoms with Gasteiger partial charge in [-0.2, -0.15) is 0 Å². The predicted octanol–water partition coefficient (Wildman–Crippen LogP) is 2.55. The van der Waals surface area contributed by atoms with Gasteiger partial charge in [-0.15, -0.1) is 0 Å². The Kier molecular flexibility index (Phi) is 3.90. The van der Waals surface area contributed by atoms with E-state index in [0.29, 0.717) is 0 Å². The van der Waals surface area contributed by atoms with Crippen LogP contribution in [0.1, 0.15) is 36.2 Å². The van der Waals surface area contributed by atoms with Gasteiger partial charge < -0.3 is 9.80 Å². The summed E-state index contributed by atoms with van der Waals surface area (Å²) in [5, 5.41) is 0. The largest absolute Gasteiger partial charge is 0.374 e. The molecule has 0 atom stereocenters. The van der Waals surface area contributed by atoms with E-state index < -0.39 is 0 Å². The van der Waals surface area contributed by atoms with E-state index in [1.807, 2.05) is 24.8 Å². The molecule has 0 fully saturated rings. The van der Waals surface area contributed by atoms with Gasteiger partial charge in [0.2, 0.25) is 0 Å².